The van der Waals surface area contributed by atoms with Crippen LogP contribution in [0.1, 0.15) is 21.5 Å². The van der Waals surface area contributed by atoms with Crippen LogP contribution in [0.2, 0.25) is 5.02 Å². The Morgan fingerprint density at radius 3 is 2.09 bits per heavy atom. The zero-order chi connectivity index (χ0) is 23.3. The van der Waals surface area contributed by atoms with E-state index >= 15 is 0 Å². The first-order valence-corrected chi connectivity index (χ1v) is 11.5. The first-order valence-electron chi connectivity index (χ1n) is 9.68. The van der Waals surface area contributed by atoms with E-state index in [0.717, 1.165) is 11.1 Å². The third-order valence-corrected chi connectivity index (χ3v) is 6.36. The van der Waals surface area contributed by atoms with Gasteiger partial charge in [-0.05, 0) is 85.6 Å². The van der Waals surface area contributed by atoms with Gasteiger partial charge in [0.1, 0.15) is 0 Å². The van der Waals surface area contributed by atoms with Crippen LogP contribution in [0, 0.1) is 13.8 Å². The number of aryl methyl sites for hydroxylation is 2. The summed E-state index contributed by atoms with van der Waals surface area (Å²) in [5.41, 5.74) is 3.05. The lowest BCUT2D eigenvalue weighted by molar-refractivity contribution is -0.115. The van der Waals surface area contributed by atoms with Crippen LogP contribution in [0.4, 0.5) is 11.4 Å². The molecule has 0 aromatic heterocycles. The third-order valence-electron chi connectivity index (χ3n) is 4.73. The van der Waals surface area contributed by atoms with Crippen molar-refractivity contribution < 1.29 is 18.0 Å². The van der Waals surface area contributed by atoms with Crippen LogP contribution in [0.15, 0.2) is 71.6 Å². The Labute approximate surface area is 191 Å². The van der Waals surface area contributed by atoms with Crippen molar-refractivity contribution in [3.8, 4) is 0 Å². The Balaban J connectivity index is 1.57. The number of nitrogens with one attached hydrogen (secondary N) is 3. The first-order chi connectivity index (χ1) is 15.1. The van der Waals surface area contributed by atoms with Crippen molar-refractivity contribution in [1.82, 2.24) is 5.32 Å². The van der Waals surface area contributed by atoms with Crippen LogP contribution >= 0.6 is 11.6 Å². The highest BCUT2D eigenvalue weighted by molar-refractivity contribution is 7.92. The molecule has 9 heteroatoms. The number of hydrogen-bond acceptors (Lipinski definition) is 4. The van der Waals surface area contributed by atoms with Gasteiger partial charge in [0.2, 0.25) is 5.91 Å². The van der Waals surface area contributed by atoms with E-state index in [9.17, 15) is 18.0 Å². The third kappa shape index (κ3) is 6.09. The molecule has 0 saturated carbocycles. The maximum Gasteiger partial charge on any atom is 0.261 e. The van der Waals surface area contributed by atoms with E-state index in [1.165, 1.54) is 24.3 Å². The number of anilines is 2. The molecule has 0 unspecified atom stereocenters. The van der Waals surface area contributed by atoms with E-state index in [2.05, 4.69) is 15.4 Å². The summed E-state index contributed by atoms with van der Waals surface area (Å²) in [5, 5.41) is 5.72. The van der Waals surface area contributed by atoms with Crippen molar-refractivity contribution in [3.05, 3.63) is 88.4 Å². The van der Waals surface area contributed by atoms with Gasteiger partial charge >= 0.3 is 0 Å². The molecule has 0 bridgehead atoms. The molecule has 32 heavy (non-hydrogen) atoms. The average molecular weight is 472 g/mol. The fraction of sp³-hybridized carbons (Fsp3) is 0.130. The van der Waals surface area contributed by atoms with E-state index in [4.69, 9.17) is 11.6 Å². The van der Waals surface area contributed by atoms with Crippen LogP contribution in [-0.2, 0) is 14.8 Å². The summed E-state index contributed by atoms with van der Waals surface area (Å²) < 4.78 is 27.7. The van der Waals surface area contributed by atoms with E-state index < -0.39 is 21.8 Å². The van der Waals surface area contributed by atoms with Crippen molar-refractivity contribution in [2.75, 3.05) is 16.6 Å². The molecule has 0 fully saturated rings. The number of halogens is 1. The molecule has 0 aliphatic rings. The molecule has 3 aromatic rings. The van der Waals surface area contributed by atoms with Crippen molar-refractivity contribution in [3.63, 3.8) is 0 Å². The average Bonchev–Trinajstić information content (AvgIpc) is 2.76. The molecule has 0 aliphatic heterocycles. The normalized spacial score (nSPS) is 11.0. The summed E-state index contributed by atoms with van der Waals surface area (Å²) in [6, 6.07) is 17.4. The number of sulfonamides is 1. The second-order valence-electron chi connectivity index (χ2n) is 7.17. The van der Waals surface area contributed by atoms with Gasteiger partial charge < -0.3 is 10.6 Å². The number of hydrogen-bond donors (Lipinski definition) is 3. The van der Waals surface area contributed by atoms with E-state index in [1.807, 2.05) is 13.8 Å². The molecule has 0 radical (unpaired) electrons. The molecule has 3 aromatic carbocycles. The van der Waals surface area contributed by atoms with Crippen molar-refractivity contribution in [1.29, 1.82) is 0 Å². The highest BCUT2D eigenvalue weighted by atomic mass is 35.5. The van der Waals surface area contributed by atoms with Gasteiger partial charge in [-0.15, -0.1) is 0 Å². The quantitative estimate of drug-likeness (QED) is 0.482. The summed E-state index contributed by atoms with van der Waals surface area (Å²) in [7, 11) is -3.75. The Morgan fingerprint density at radius 2 is 1.47 bits per heavy atom. The van der Waals surface area contributed by atoms with Crippen molar-refractivity contribution in [2.24, 2.45) is 0 Å². The monoisotopic (exact) mass is 471 g/mol. The number of amides is 2. The predicted octanol–water partition coefficient (Wildman–Crippen LogP) is 4.13. The number of carbonyl (C=O) groups is 2. The molecule has 0 saturated heterocycles. The minimum absolute atomic E-state index is 0.161. The number of carbonyl (C=O) groups excluding carboxylic acids is 2. The highest BCUT2D eigenvalue weighted by Gasteiger charge is 2.15. The molecule has 7 nitrogen and oxygen atoms in total. The summed E-state index contributed by atoms with van der Waals surface area (Å²) >= 11 is 5.80. The largest absolute Gasteiger partial charge is 0.343 e. The maximum atomic E-state index is 12.6. The summed E-state index contributed by atoms with van der Waals surface area (Å²) in [5.74, 6) is -0.849. The lowest BCUT2D eigenvalue weighted by atomic mass is 10.1. The molecule has 166 valence electrons. The zero-order valence-electron chi connectivity index (χ0n) is 17.5. The summed E-state index contributed by atoms with van der Waals surface area (Å²) in [6.07, 6.45) is 0. The first kappa shape index (κ1) is 23.3. The maximum absolute atomic E-state index is 12.6. The Bertz CT molecular complexity index is 1240. The lowest BCUT2D eigenvalue weighted by Gasteiger charge is -2.11. The van der Waals surface area contributed by atoms with Gasteiger partial charge in [0.05, 0.1) is 11.4 Å². The van der Waals surface area contributed by atoms with Crippen LogP contribution in [0.5, 0.6) is 0 Å². The molecular weight excluding hydrogens is 450 g/mol. The van der Waals surface area contributed by atoms with Crippen LogP contribution < -0.4 is 15.4 Å². The van der Waals surface area contributed by atoms with Gasteiger partial charge in [0.15, 0.2) is 0 Å². The fourth-order valence-electron chi connectivity index (χ4n) is 2.79. The van der Waals surface area contributed by atoms with E-state index in [1.54, 1.807) is 42.5 Å². The molecule has 3 rings (SSSR count). The standard InChI is InChI=1S/C23H22ClN3O4S/c1-15-3-12-21(13-16(15)2)32(30,31)27-20-8-4-17(5-9-20)23(29)25-14-22(28)26-19-10-6-18(24)7-11-19/h3-13,27H,14H2,1-2H3,(H,25,29)(H,26,28). The van der Waals surface area contributed by atoms with Crippen LogP contribution in [0.3, 0.4) is 0 Å². The second-order valence-corrected chi connectivity index (χ2v) is 9.29. The molecular formula is C23H22ClN3O4S. The smallest absolute Gasteiger partial charge is 0.261 e. The minimum Gasteiger partial charge on any atom is -0.343 e. The fourth-order valence-corrected chi connectivity index (χ4v) is 4.06. The number of rotatable bonds is 7. The van der Waals surface area contributed by atoms with Crippen molar-refractivity contribution in [2.45, 2.75) is 18.7 Å². The summed E-state index contributed by atoms with van der Waals surface area (Å²) in [4.78, 5) is 24.4. The minimum atomic E-state index is -3.75. The topological polar surface area (TPSA) is 104 Å². The number of benzene rings is 3. The van der Waals surface area contributed by atoms with Crippen molar-refractivity contribution >= 4 is 44.8 Å². The van der Waals surface area contributed by atoms with Gasteiger partial charge in [-0.25, -0.2) is 8.42 Å². The SMILES string of the molecule is Cc1ccc(S(=O)(=O)Nc2ccc(C(=O)NCC(=O)Nc3ccc(Cl)cc3)cc2)cc1C. The molecule has 3 N–H and O–H groups in total. The molecule has 0 heterocycles. The van der Waals surface area contributed by atoms with Crippen LogP contribution in [0.25, 0.3) is 0 Å². The van der Waals surface area contributed by atoms with Gasteiger partial charge in [-0.2, -0.15) is 0 Å². The van der Waals surface area contributed by atoms with Gasteiger partial charge in [-0.3, -0.25) is 14.3 Å². The molecule has 0 spiro atoms. The molecule has 0 aliphatic carbocycles. The van der Waals surface area contributed by atoms with Gasteiger partial charge in [0, 0.05) is 22.0 Å². The zero-order valence-corrected chi connectivity index (χ0v) is 19.0. The second kappa shape index (κ2) is 9.84. The lowest BCUT2D eigenvalue weighted by Crippen LogP contribution is -2.32. The predicted molar refractivity (Wildman–Crippen MR) is 126 cm³/mol. The van der Waals surface area contributed by atoms with E-state index in [-0.39, 0.29) is 11.4 Å². The Kier molecular flexibility index (Phi) is 7.17. The van der Waals surface area contributed by atoms with Gasteiger partial charge in [0.25, 0.3) is 15.9 Å². The van der Waals surface area contributed by atoms with Crippen LogP contribution in [-0.4, -0.2) is 26.8 Å². The summed E-state index contributed by atoms with van der Waals surface area (Å²) in [6.45, 7) is 3.53. The molecule has 2 amide bonds. The highest BCUT2D eigenvalue weighted by Crippen LogP contribution is 2.19. The Morgan fingerprint density at radius 1 is 0.844 bits per heavy atom. The van der Waals surface area contributed by atoms with Gasteiger partial charge in [-0.1, -0.05) is 17.7 Å². The van der Waals surface area contributed by atoms with E-state index in [0.29, 0.717) is 22.0 Å². The molecule has 0 atom stereocenters. The Hall–Kier alpha value is -3.36.